The third-order valence-electron chi connectivity index (χ3n) is 2.49. The molecule has 4 heteroatoms. The minimum absolute atomic E-state index is 0.0501. The summed E-state index contributed by atoms with van der Waals surface area (Å²) in [7, 11) is 0. The molecule has 2 N–H and O–H groups in total. The van der Waals surface area contributed by atoms with Crippen LogP contribution < -0.4 is 5.48 Å². The van der Waals surface area contributed by atoms with Gasteiger partial charge in [-0.25, -0.2) is 0 Å². The van der Waals surface area contributed by atoms with Gasteiger partial charge in [0.25, 0.3) is 0 Å². The van der Waals surface area contributed by atoms with Crippen LogP contribution in [0, 0.1) is 0 Å². The normalized spacial score (nSPS) is 22.3. The molecule has 1 heterocycles. The SMILES string of the molecule is OCCCN=C1CC(c2ccccc2)ON1. The summed E-state index contributed by atoms with van der Waals surface area (Å²) in [5.74, 6) is 0.863. The molecule has 1 fully saturated rings. The molecule has 2 rings (SSSR count). The third kappa shape index (κ3) is 2.81. The number of amidine groups is 1. The number of nitrogens with zero attached hydrogens (tertiary/aromatic N) is 1. The predicted octanol–water partition coefficient (Wildman–Crippen LogP) is 1.43. The zero-order valence-corrected chi connectivity index (χ0v) is 9.10. The van der Waals surface area contributed by atoms with Crippen molar-refractivity contribution in [1.29, 1.82) is 0 Å². The molecule has 16 heavy (non-hydrogen) atoms. The Labute approximate surface area is 94.9 Å². The molecule has 0 bridgehead atoms. The maximum atomic E-state index is 8.65. The topological polar surface area (TPSA) is 53.9 Å². The maximum absolute atomic E-state index is 8.65. The van der Waals surface area contributed by atoms with E-state index in [1.165, 1.54) is 0 Å². The molecule has 0 aromatic heterocycles. The van der Waals surface area contributed by atoms with Gasteiger partial charge in [-0.3, -0.25) is 15.3 Å². The van der Waals surface area contributed by atoms with Gasteiger partial charge >= 0.3 is 0 Å². The molecule has 1 aliphatic rings. The van der Waals surface area contributed by atoms with E-state index in [1.807, 2.05) is 30.3 Å². The first-order chi connectivity index (χ1) is 7.90. The molecular weight excluding hydrogens is 204 g/mol. The van der Waals surface area contributed by atoms with Crippen molar-refractivity contribution in [2.45, 2.75) is 18.9 Å². The first-order valence-electron chi connectivity index (χ1n) is 5.51. The summed E-state index contributed by atoms with van der Waals surface area (Å²) in [6.07, 6.45) is 1.52. The molecule has 0 saturated carbocycles. The number of hydrogen-bond acceptors (Lipinski definition) is 3. The fourth-order valence-electron chi connectivity index (χ4n) is 1.63. The lowest BCUT2D eigenvalue weighted by Gasteiger charge is -2.05. The van der Waals surface area contributed by atoms with E-state index in [0.29, 0.717) is 13.0 Å². The van der Waals surface area contributed by atoms with Gasteiger partial charge in [-0.15, -0.1) is 0 Å². The quantitative estimate of drug-likeness (QED) is 0.755. The largest absolute Gasteiger partial charge is 0.396 e. The Hall–Kier alpha value is -1.39. The lowest BCUT2D eigenvalue weighted by atomic mass is 10.1. The van der Waals surface area contributed by atoms with Gasteiger partial charge in [-0.2, -0.15) is 0 Å². The monoisotopic (exact) mass is 220 g/mol. The Morgan fingerprint density at radius 1 is 1.38 bits per heavy atom. The molecule has 86 valence electrons. The van der Waals surface area contributed by atoms with Crippen molar-refractivity contribution in [2.75, 3.05) is 13.2 Å². The van der Waals surface area contributed by atoms with Crippen molar-refractivity contribution in [3.8, 4) is 0 Å². The molecule has 0 aliphatic carbocycles. The Bertz CT molecular complexity index is 351. The fraction of sp³-hybridized carbons (Fsp3) is 0.417. The van der Waals surface area contributed by atoms with Gasteiger partial charge in [0, 0.05) is 19.6 Å². The highest BCUT2D eigenvalue weighted by Crippen LogP contribution is 2.24. The zero-order valence-electron chi connectivity index (χ0n) is 9.10. The molecule has 0 amide bonds. The highest BCUT2D eigenvalue weighted by molar-refractivity contribution is 5.83. The van der Waals surface area contributed by atoms with Crippen LogP contribution in [0.5, 0.6) is 0 Å². The molecule has 1 unspecified atom stereocenters. The Kier molecular flexibility index (Phi) is 3.91. The maximum Gasteiger partial charge on any atom is 0.123 e. The van der Waals surface area contributed by atoms with E-state index in [2.05, 4.69) is 10.5 Å². The average molecular weight is 220 g/mol. The lowest BCUT2D eigenvalue weighted by Crippen LogP contribution is -2.13. The van der Waals surface area contributed by atoms with Crippen molar-refractivity contribution >= 4 is 5.84 Å². The smallest absolute Gasteiger partial charge is 0.123 e. The van der Waals surface area contributed by atoms with Crippen LogP contribution in [-0.2, 0) is 4.84 Å². The highest BCUT2D eigenvalue weighted by atomic mass is 16.7. The van der Waals surface area contributed by atoms with Gasteiger partial charge in [0.15, 0.2) is 0 Å². The Morgan fingerprint density at radius 2 is 2.19 bits per heavy atom. The van der Waals surface area contributed by atoms with Crippen LogP contribution in [0.3, 0.4) is 0 Å². The Morgan fingerprint density at radius 3 is 2.94 bits per heavy atom. The summed E-state index contributed by atoms with van der Waals surface area (Å²) in [5, 5.41) is 8.65. The number of aliphatic hydroxyl groups excluding tert-OH is 1. The first kappa shape index (κ1) is 11.1. The number of nitrogens with one attached hydrogen (secondary N) is 1. The molecule has 1 atom stereocenters. The van der Waals surface area contributed by atoms with Gasteiger partial charge in [0.05, 0.1) is 0 Å². The summed E-state index contributed by atoms with van der Waals surface area (Å²) in [6.45, 7) is 0.823. The van der Waals surface area contributed by atoms with Crippen LogP contribution in [0.4, 0.5) is 0 Å². The van der Waals surface area contributed by atoms with Crippen LogP contribution >= 0.6 is 0 Å². The van der Waals surface area contributed by atoms with E-state index < -0.39 is 0 Å². The van der Waals surface area contributed by atoms with Crippen LogP contribution in [-0.4, -0.2) is 24.1 Å². The second kappa shape index (κ2) is 5.63. The molecular formula is C12H16N2O2. The van der Waals surface area contributed by atoms with Gasteiger partial charge < -0.3 is 5.11 Å². The predicted molar refractivity (Wildman–Crippen MR) is 62.0 cm³/mol. The van der Waals surface area contributed by atoms with Crippen molar-refractivity contribution in [3.63, 3.8) is 0 Å². The first-order valence-corrected chi connectivity index (χ1v) is 5.51. The summed E-state index contributed by atoms with van der Waals surface area (Å²) in [6, 6.07) is 10.1. The fourth-order valence-corrected chi connectivity index (χ4v) is 1.63. The van der Waals surface area contributed by atoms with Gasteiger partial charge in [0.1, 0.15) is 11.9 Å². The minimum Gasteiger partial charge on any atom is -0.396 e. The summed E-state index contributed by atoms with van der Waals surface area (Å²) in [4.78, 5) is 9.75. The van der Waals surface area contributed by atoms with Crippen molar-refractivity contribution in [2.24, 2.45) is 4.99 Å². The summed E-state index contributed by atoms with van der Waals surface area (Å²) < 4.78 is 0. The minimum atomic E-state index is 0.0501. The van der Waals surface area contributed by atoms with Crippen LogP contribution in [0.2, 0.25) is 0 Å². The van der Waals surface area contributed by atoms with Crippen LogP contribution in [0.1, 0.15) is 24.5 Å². The van der Waals surface area contributed by atoms with Crippen molar-refractivity contribution < 1.29 is 9.94 Å². The molecule has 1 aromatic carbocycles. The van der Waals surface area contributed by atoms with Crippen LogP contribution in [0.25, 0.3) is 0 Å². The number of hydrogen-bond donors (Lipinski definition) is 2. The molecule has 1 saturated heterocycles. The van der Waals surface area contributed by atoms with E-state index in [4.69, 9.17) is 9.94 Å². The third-order valence-corrected chi connectivity index (χ3v) is 2.49. The highest BCUT2D eigenvalue weighted by Gasteiger charge is 2.22. The summed E-state index contributed by atoms with van der Waals surface area (Å²) in [5.41, 5.74) is 3.99. The van der Waals surface area contributed by atoms with Crippen molar-refractivity contribution in [1.82, 2.24) is 5.48 Å². The van der Waals surface area contributed by atoms with Gasteiger partial charge in [0.2, 0.25) is 0 Å². The standard InChI is InChI=1S/C12H16N2O2/c15-8-4-7-13-12-9-11(16-14-12)10-5-2-1-3-6-10/h1-3,5-6,11,15H,4,7-9H2,(H,13,14). The number of aliphatic imine (C=N–C) groups is 1. The van der Waals surface area contributed by atoms with E-state index in [-0.39, 0.29) is 12.7 Å². The second-order valence-electron chi connectivity index (χ2n) is 3.73. The van der Waals surface area contributed by atoms with E-state index in [9.17, 15) is 0 Å². The molecule has 0 spiro atoms. The van der Waals surface area contributed by atoms with E-state index >= 15 is 0 Å². The van der Waals surface area contributed by atoms with Gasteiger partial charge in [-0.05, 0) is 12.0 Å². The number of aliphatic hydroxyl groups is 1. The average Bonchev–Trinajstić information content (AvgIpc) is 2.79. The van der Waals surface area contributed by atoms with Crippen molar-refractivity contribution in [3.05, 3.63) is 35.9 Å². The molecule has 1 aromatic rings. The zero-order chi connectivity index (χ0) is 11.2. The Balaban J connectivity index is 1.91. The molecule has 1 aliphatic heterocycles. The van der Waals surface area contributed by atoms with E-state index in [1.54, 1.807) is 0 Å². The summed E-state index contributed by atoms with van der Waals surface area (Å²) >= 11 is 0. The van der Waals surface area contributed by atoms with E-state index in [0.717, 1.165) is 17.8 Å². The number of rotatable bonds is 4. The number of hydroxylamine groups is 1. The molecule has 0 radical (unpaired) electrons. The van der Waals surface area contributed by atoms with Gasteiger partial charge in [-0.1, -0.05) is 30.3 Å². The van der Waals surface area contributed by atoms with Crippen LogP contribution in [0.15, 0.2) is 35.3 Å². The lowest BCUT2D eigenvalue weighted by molar-refractivity contribution is 0.0448. The molecule has 4 nitrogen and oxygen atoms in total. The number of benzene rings is 1. The second-order valence-corrected chi connectivity index (χ2v) is 3.73.